The molecule has 2 aromatic carbocycles. The molecule has 0 fully saturated rings. The average molecular weight is 396 g/mol. The zero-order chi connectivity index (χ0) is 20.9. The fourth-order valence-corrected chi connectivity index (χ4v) is 3.43. The van der Waals surface area contributed by atoms with Crippen LogP contribution in [0.5, 0.6) is 5.75 Å². The maximum atomic E-state index is 13.0. The maximum Gasteiger partial charge on any atom is 0.339 e. The number of para-hydroxylation sites is 2. The van der Waals surface area contributed by atoms with Gasteiger partial charge in [0.2, 0.25) is 0 Å². The molecule has 29 heavy (non-hydrogen) atoms. The molecule has 0 aromatic heterocycles. The van der Waals surface area contributed by atoms with E-state index in [0.29, 0.717) is 30.0 Å². The first-order chi connectivity index (χ1) is 14.0. The van der Waals surface area contributed by atoms with E-state index >= 15 is 0 Å². The van der Waals surface area contributed by atoms with Crippen molar-refractivity contribution >= 4 is 17.6 Å². The molecule has 0 aliphatic carbocycles. The number of ether oxygens (including phenoxy) is 2. The summed E-state index contributed by atoms with van der Waals surface area (Å²) >= 11 is 0. The van der Waals surface area contributed by atoms with Crippen molar-refractivity contribution in [2.75, 3.05) is 31.6 Å². The first-order valence-corrected chi connectivity index (χ1v) is 10.0. The molecular formula is C23H28N2O4. The highest BCUT2D eigenvalue weighted by Crippen LogP contribution is 2.31. The van der Waals surface area contributed by atoms with E-state index in [1.807, 2.05) is 30.3 Å². The van der Waals surface area contributed by atoms with Gasteiger partial charge in [0.25, 0.3) is 5.91 Å². The number of hydrogen-bond acceptors (Lipinski definition) is 5. The van der Waals surface area contributed by atoms with Crippen molar-refractivity contribution in [2.45, 2.75) is 32.8 Å². The van der Waals surface area contributed by atoms with Crippen LogP contribution in [0.1, 0.15) is 36.7 Å². The number of carbonyl (C=O) groups excluding carboxylic acids is 2. The summed E-state index contributed by atoms with van der Waals surface area (Å²) in [7, 11) is 0. The van der Waals surface area contributed by atoms with Crippen molar-refractivity contribution in [3.05, 3.63) is 59.7 Å². The van der Waals surface area contributed by atoms with Crippen LogP contribution in [0, 0.1) is 0 Å². The van der Waals surface area contributed by atoms with Gasteiger partial charge in [-0.25, -0.2) is 4.79 Å². The largest absolute Gasteiger partial charge is 0.490 e. The molecule has 154 valence electrons. The van der Waals surface area contributed by atoms with Crippen LogP contribution in [-0.2, 0) is 16.0 Å². The standard InChI is InChI=1S/C23H28N2O4/c1-4-25(5-2)14-15-28-20-13-9-8-12-19(20)24-22(27)23(3)16-17-10-6-7-11-18(17)21(26)29-23/h6-13H,4-5,14-16H2,1-3H3,(H,24,27). The van der Waals surface area contributed by atoms with Gasteiger partial charge in [-0.1, -0.05) is 44.2 Å². The smallest absolute Gasteiger partial charge is 0.339 e. The molecule has 1 amide bonds. The van der Waals surface area contributed by atoms with Crippen LogP contribution in [0.25, 0.3) is 0 Å². The number of cyclic esters (lactones) is 1. The van der Waals surface area contributed by atoms with E-state index < -0.39 is 11.6 Å². The highest BCUT2D eigenvalue weighted by Gasteiger charge is 2.42. The van der Waals surface area contributed by atoms with Crippen molar-refractivity contribution in [1.82, 2.24) is 4.90 Å². The lowest BCUT2D eigenvalue weighted by atomic mass is 9.89. The van der Waals surface area contributed by atoms with E-state index in [4.69, 9.17) is 9.47 Å². The van der Waals surface area contributed by atoms with E-state index in [0.717, 1.165) is 25.2 Å². The number of amides is 1. The van der Waals surface area contributed by atoms with Gasteiger partial charge in [0.05, 0.1) is 11.3 Å². The fraction of sp³-hybridized carbons (Fsp3) is 0.391. The number of nitrogens with one attached hydrogen (secondary N) is 1. The Morgan fingerprint density at radius 2 is 1.83 bits per heavy atom. The van der Waals surface area contributed by atoms with Gasteiger partial charge < -0.3 is 19.7 Å². The summed E-state index contributed by atoms with van der Waals surface area (Å²) in [6.07, 6.45) is 0.325. The molecule has 1 atom stereocenters. The minimum Gasteiger partial charge on any atom is -0.490 e. The van der Waals surface area contributed by atoms with Crippen molar-refractivity contribution in [2.24, 2.45) is 0 Å². The second kappa shape index (κ2) is 9.09. The molecule has 0 radical (unpaired) electrons. The van der Waals surface area contributed by atoms with Crippen LogP contribution >= 0.6 is 0 Å². The van der Waals surface area contributed by atoms with Crippen LogP contribution in [-0.4, -0.2) is 48.6 Å². The minimum atomic E-state index is -1.28. The lowest BCUT2D eigenvalue weighted by Crippen LogP contribution is -2.48. The molecule has 6 heteroatoms. The Morgan fingerprint density at radius 1 is 1.14 bits per heavy atom. The van der Waals surface area contributed by atoms with Gasteiger partial charge in [0, 0.05) is 13.0 Å². The number of esters is 1. The third kappa shape index (κ3) is 4.77. The molecule has 0 spiro atoms. The third-order valence-electron chi connectivity index (χ3n) is 5.26. The van der Waals surface area contributed by atoms with Gasteiger partial charge in [-0.2, -0.15) is 0 Å². The Hall–Kier alpha value is -2.86. The van der Waals surface area contributed by atoms with Crippen molar-refractivity contribution in [3.63, 3.8) is 0 Å². The predicted octanol–water partition coefficient (Wildman–Crippen LogP) is 3.52. The summed E-state index contributed by atoms with van der Waals surface area (Å²) < 4.78 is 11.4. The molecule has 0 saturated heterocycles. The number of hydrogen-bond donors (Lipinski definition) is 1. The molecule has 1 heterocycles. The Kier molecular flexibility index (Phi) is 6.54. The first-order valence-electron chi connectivity index (χ1n) is 10.0. The number of benzene rings is 2. The molecule has 2 aromatic rings. The number of carbonyl (C=O) groups is 2. The van der Waals surface area contributed by atoms with Crippen molar-refractivity contribution < 1.29 is 19.1 Å². The number of nitrogens with zero attached hydrogens (tertiary/aromatic N) is 1. The van der Waals surface area contributed by atoms with Crippen molar-refractivity contribution in [1.29, 1.82) is 0 Å². The van der Waals surface area contributed by atoms with Crippen molar-refractivity contribution in [3.8, 4) is 5.75 Å². The quantitative estimate of drug-likeness (QED) is 0.692. The highest BCUT2D eigenvalue weighted by atomic mass is 16.6. The topological polar surface area (TPSA) is 67.9 Å². The Morgan fingerprint density at radius 3 is 2.59 bits per heavy atom. The first kappa shape index (κ1) is 20.9. The van der Waals surface area contributed by atoms with E-state index in [1.165, 1.54) is 0 Å². The van der Waals surface area contributed by atoms with E-state index in [2.05, 4.69) is 24.1 Å². The molecular weight excluding hydrogens is 368 g/mol. The van der Waals surface area contributed by atoms with Gasteiger partial charge in [0.15, 0.2) is 5.60 Å². The maximum absolute atomic E-state index is 13.0. The van der Waals surface area contributed by atoms with E-state index in [9.17, 15) is 9.59 Å². The normalized spacial score (nSPS) is 18.1. The second-order valence-electron chi connectivity index (χ2n) is 7.28. The van der Waals surface area contributed by atoms with Crippen LogP contribution in [0.2, 0.25) is 0 Å². The monoisotopic (exact) mass is 396 g/mol. The van der Waals surface area contributed by atoms with Gasteiger partial charge in [0.1, 0.15) is 12.4 Å². The zero-order valence-electron chi connectivity index (χ0n) is 17.2. The van der Waals surface area contributed by atoms with Crippen LogP contribution in [0.4, 0.5) is 5.69 Å². The Bertz CT molecular complexity index is 879. The lowest BCUT2D eigenvalue weighted by Gasteiger charge is -2.33. The van der Waals surface area contributed by atoms with E-state index in [-0.39, 0.29) is 5.91 Å². The summed E-state index contributed by atoms with van der Waals surface area (Å²) in [5, 5.41) is 2.88. The number of likely N-dealkylation sites (N-methyl/N-ethyl adjacent to an activating group) is 1. The molecule has 1 N–H and O–H groups in total. The zero-order valence-corrected chi connectivity index (χ0v) is 17.2. The van der Waals surface area contributed by atoms with Crippen LogP contribution in [0.15, 0.2) is 48.5 Å². The third-order valence-corrected chi connectivity index (χ3v) is 5.26. The van der Waals surface area contributed by atoms with Crippen LogP contribution < -0.4 is 10.1 Å². The average Bonchev–Trinajstić information content (AvgIpc) is 2.72. The van der Waals surface area contributed by atoms with Gasteiger partial charge >= 0.3 is 5.97 Å². The number of anilines is 1. The summed E-state index contributed by atoms with van der Waals surface area (Å²) in [6, 6.07) is 14.5. The highest BCUT2D eigenvalue weighted by molar-refractivity contribution is 6.03. The number of rotatable bonds is 8. The van der Waals surface area contributed by atoms with E-state index in [1.54, 1.807) is 25.1 Å². The molecule has 1 aliphatic heterocycles. The summed E-state index contributed by atoms with van der Waals surface area (Å²) in [5.74, 6) is -0.257. The molecule has 0 bridgehead atoms. The summed E-state index contributed by atoms with van der Waals surface area (Å²) in [6.45, 7) is 9.12. The molecule has 1 aliphatic rings. The fourth-order valence-electron chi connectivity index (χ4n) is 3.43. The van der Waals surface area contributed by atoms with Gasteiger partial charge in [-0.3, -0.25) is 4.79 Å². The number of fused-ring (bicyclic) bond motifs is 1. The van der Waals surface area contributed by atoms with Gasteiger partial charge in [-0.05, 0) is 43.8 Å². The summed E-state index contributed by atoms with van der Waals surface area (Å²) in [5.41, 5.74) is 0.607. The molecule has 6 nitrogen and oxygen atoms in total. The molecule has 0 saturated carbocycles. The lowest BCUT2D eigenvalue weighted by molar-refractivity contribution is -0.134. The molecule has 3 rings (SSSR count). The second-order valence-corrected chi connectivity index (χ2v) is 7.28. The predicted molar refractivity (Wildman–Crippen MR) is 112 cm³/mol. The van der Waals surface area contributed by atoms with Gasteiger partial charge in [-0.15, -0.1) is 0 Å². The van der Waals surface area contributed by atoms with Crippen LogP contribution in [0.3, 0.4) is 0 Å². The molecule has 1 unspecified atom stereocenters. The SMILES string of the molecule is CCN(CC)CCOc1ccccc1NC(=O)C1(C)Cc2ccccc2C(=O)O1. The Labute approximate surface area is 171 Å². The Balaban J connectivity index is 1.70. The minimum absolute atomic E-state index is 0.325. The summed E-state index contributed by atoms with van der Waals surface area (Å²) in [4.78, 5) is 27.6.